The highest BCUT2D eigenvalue weighted by atomic mass is 16.5. The molecule has 10 heteroatoms. The lowest BCUT2D eigenvalue weighted by Gasteiger charge is -2.20. The molecule has 0 saturated carbocycles. The van der Waals surface area contributed by atoms with Gasteiger partial charge in [0, 0.05) is 23.4 Å². The molecule has 0 unspecified atom stereocenters. The number of anilines is 2. The summed E-state index contributed by atoms with van der Waals surface area (Å²) in [5, 5.41) is 19.9. The highest BCUT2D eigenvalue weighted by molar-refractivity contribution is 5.66. The third-order valence-electron chi connectivity index (χ3n) is 5.23. The molecule has 33 heavy (non-hydrogen) atoms. The minimum Gasteiger partial charge on any atom is -0.496 e. The third kappa shape index (κ3) is 5.58. The second-order valence-corrected chi connectivity index (χ2v) is 7.07. The molecule has 176 valence electrons. The van der Waals surface area contributed by atoms with E-state index in [2.05, 4.69) is 44.5 Å². The zero-order valence-electron chi connectivity index (χ0n) is 19.9. The molecule has 1 aromatic heterocycles. The Labute approximate surface area is 193 Å². The minimum atomic E-state index is 0.283. The third-order valence-corrected chi connectivity index (χ3v) is 5.23. The number of hydrogen-bond acceptors (Lipinski definition) is 10. The standard InChI is InChI=1S/C23H30N6O4/c1-7-29(8-2)14-16-11-17(9-10-18(16)30-3)24-23-27-25-22(26-28-23)15-12-19(31-4)21(33-6)20(13-15)32-5/h9-13H,7-8,14H2,1-6H3,(H,24,27,28). The van der Waals surface area contributed by atoms with Gasteiger partial charge < -0.3 is 24.3 Å². The summed E-state index contributed by atoms with van der Waals surface area (Å²) in [6, 6.07) is 9.34. The number of rotatable bonds is 11. The van der Waals surface area contributed by atoms with Crippen LogP contribution in [0.4, 0.5) is 11.6 Å². The predicted molar refractivity (Wildman–Crippen MR) is 126 cm³/mol. The summed E-state index contributed by atoms with van der Waals surface area (Å²) in [6.07, 6.45) is 0. The van der Waals surface area contributed by atoms with Crippen LogP contribution in [0.1, 0.15) is 19.4 Å². The van der Waals surface area contributed by atoms with E-state index in [4.69, 9.17) is 18.9 Å². The summed E-state index contributed by atoms with van der Waals surface area (Å²) in [5.41, 5.74) is 2.53. The zero-order valence-corrected chi connectivity index (χ0v) is 19.9. The average Bonchev–Trinajstić information content (AvgIpc) is 2.86. The first kappa shape index (κ1) is 24.0. The van der Waals surface area contributed by atoms with Crippen LogP contribution in [0.15, 0.2) is 30.3 Å². The molecule has 0 aliphatic rings. The molecule has 0 bridgehead atoms. The van der Waals surface area contributed by atoms with Gasteiger partial charge in [-0.2, -0.15) is 0 Å². The molecule has 0 atom stereocenters. The number of benzene rings is 2. The Bertz CT molecular complexity index is 1030. The van der Waals surface area contributed by atoms with Crippen molar-refractivity contribution in [2.75, 3.05) is 46.8 Å². The second kappa shape index (κ2) is 11.3. The van der Waals surface area contributed by atoms with Crippen LogP contribution in [0.5, 0.6) is 23.0 Å². The van der Waals surface area contributed by atoms with Crippen molar-refractivity contribution in [1.29, 1.82) is 0 Å². The lowest BCUT2D eigenvalue weighted by molar-refractivity contribution is 0.289. The first-order valence-corrected chi connectivity index (χ1v) is 10.6. The zero-order chi connectivity index (χ0) is 23.8. The molecule has 3 aromatic rings. The highest BCUT2D eigenvalue weighted by Crippen LogP contribution is 2.40. The van der Waals surface area contributed by atoms with Gasteiger partial charge in [0.15, 0.2) is 11.5 Å². The van der Waals surface area contributed by atoms with Gasteiger partial charge in [-0.3, -0.25) is 4.90 Å². The van der Waals surface area contributed by atoms with Crippen molar-refractivity contribution in [3.63, 3.8) is 0 Å². The van der Waals surface area contributed by atoms with E-state index in [1.54, 1.807) is 40.6 Å². The first-order chi connectivity index (χ1) is 16.1. The lowest BCUT2D eigenvalue weighted by atomic mass is 10.1. The van der Waals surface area contributed by atoms with E-state index >= 15 is 0 Å². The SMILES string of the molecule is CCN(CC)Cc1cc(Nc2nnc(-c3cc(OC)c(OC)c(OC)c3)nn2)ccc1OC. The van der Waals surface area contributed by atoms with Gasteiger partial charge >= 0.3 is 0 Å². The van der Waals surface area contributed by atoms with Crippen molar-refractivity contribution in [1.82, 2.24) is 25.3 Å². The fourth-order valence-corrected chi connectivity index (χ4v) is 3.40. The summed E-state index contributed by atoms with van der Waals surface area (Å²) >= 11 is 0. The van der Waals surface area contributed by atoms with E-state index in [9.17, 15) is 0 Å². The largest absolute Gasteiger partial charge is 0.496 e. The van der Waals surface area contributed by atoms with Gasteiger partial charge in [0.25, 0.3) is 5.95 Å². The van der Waals surface area contributed by atoms with Crippen molar-refractivity contribution in [3.8, 4) is 34.4 Å². The van der Waals surface area contributed by atoms with Crippen molar-refractivity contribution < 1.29 is 18.9 Å². The van der Waals surface area contributed by atoms with Gasteiger partial charge in [0.05, 0.1) is 28.4 Å². The molecule has 2 aromatic carbocycles. The summed E-state index contributed by atoms with van der Waals surface area (Å²) in [6.45, 7) is 6.97. The number of nitrogens with zero attached hydrogens (tertiary/aromatic N) is 5. The Hall–Kier alpha value is -3.66. The van der Waals surface area contributed by atoms with E-state index in [0.29, 0.717) is 28.6 Å². The Morgan fingerprint density at radius 1 is 0.758 bits per heavy atom. The monoisotopic (exact) mass is 454 g/mol. The Balaban J connectivity index is 1.83. The smallest absolute Gasteiger partial charge is 0.266 e. The second-order valence-electron chi connectivity index (χ2n) is 7.07. The van der Waals surface area contributed by atoms with Crippen LogP contribution < -0.4 is 24.3 Å². The fourth-order valence-electron chi connectivity index (χ4n) is 3.40. The Morgan fingerprint density at radius 3 is 1.88 bits per heavy atom. The average molecular weight is 455 g/mol. The van der Waals surface area contributed by atoms with E-state index < -0.39 is 0 Å². The van der Waals surface area contributed by atoms with Crippen molar-refractivity contribution in [2.45, 2.75) is 20.4 Å². The topological polar surface area (TPSA) is 104 Å². The fraction of sp³-hybridized carbons (Fsp3) is 0.391. The van der Waals surface area contributed by atoms with Crippen LogP contribution in [0, 0.1) is 0 Å². The van der Waals surface area contributed by atoms with E-state index in [1.165, 1.54) is 0 Å². The molecular formula is C23H30N6O4. The molecule has 0 saturated heterocycles. The van der Waals surface area contributed by atoms with Crippen LogP contribution in [-0.2, 0) is 6.54 Å². The molecule has 1 N–H and O–H groups in total. The lowest BCUT2D eigenvalue weighted by Crippen LogP contribution is -2.22. The summed E-state index contributed by atoms with van der Waals surface area (Å²) in [4.78, 5) is 2.31. The van der Waals surface area contributed by atoms with Crippen molar-refractivity contribution in [2.24, 2.45) is 0 Å². The van der Waals surface area contributed by atoms with Crippen LogP contribution >= 0.6 is 0 Å². The van der Waals surface area contributed by atoms with Gasteiger partial charge in [0.1, 0.15) is 5.75 Å². The van der Waals surface area contributed by atoms with Gasteiger partial charge in [-0.05, 0) is 43.4 Å². The maximum atomic E-state index is 5.52. The number of ether oxygens (including phenoxy) is 4. The number of methoxy groups -OCH3 is 4. The molecule has 10 nitrogen and oxygen atoms in total. The Kier molecular flexibility index (Phi) is 8.20. The van der Waals surface area contributed by atoms with E-state index in [-0.39, 0.29) is 5.95 Å². The maximum Gasteiger partial charge on any atom is 0.266 e. The van der Waals surface area contributed by atoms with Gasteiger partial charge in [-0.1, -0.05) is 13.8 Å². The molecular weight excluding hydrogens is 424 g/mol. The van der Waals surface area contributed by atoms with Gasteiger partial charge in [0.2, 0.25) is 11.6 Å². The highest BCUT2D eigenvalue weighted by Gasteiger charge is 2.16. The van der Waals surface area contributed by atoms with Crippen molar-refractivity contribution >= 4 is 11.6 Å². The van der Waals surface area contributed by atoms with Crippen molar-refractivity contribution in [3.05, 3.63) is 35.9 Å². The van der Waals surface area contributed by atoms with Crippen LogP contribution in [0.3, 0.4) is 0 Å². The molecule has 0 radical (unpaired) electrons. The molecule has 0 fully saturated rings. The van der Waals surface area contributed by atoms with Gasteiger partial charge in [-0.15, -0.1) is 20.4 Å². The minimum absolute atomic E-state index is 0.283. The molecule has 0 spiro atoms. The molecule has 0 aliphatic carbocycles. The molecule has 0 aliphatic heterocycles. The molecule has 3 rings (SSSR count). The summed E-state index contributed by atoms with van der Waals surface area (Å²) in [7, 11) is 6.32. The maximum absolute atomic E-state index is 5.52. The quantitative estimate of drug-likeness (QED) is 0.462. The summed E-state index contributed by atoms with van der Waals surface area (Å²) in [5.74, 6) is 2.93. The van der Waals surface area contributed by atoms with Crippen LogP contribution in [-0.4, -0.2) is 66.8 Å². The summed E-state index contributed by atoms with van der Waals surface area (Å²) < 4.78 is 21.7. The number of hydrogen-bond donors (Lipinski definition) is 1. The predicted octanol–water partition coefficient (Wildman–Crippen LogP) is 3.55. The normalized spacial score (nSPS) is 10.8. The molecule has 1 heterocycles. The molecule has 0 amide bonds. The van der Waals surface area contributed by atoms with Crippen LogP contribution in [0.25, 0.3) is 11.4 Å². The van der Waals surface area contributed by atoms with E-state index in [0.717, 1.165) is 36.6 Å². The number of nitrogens with one attached hydrogen (secondary N) is 1. The number of aromatic nitrogens is 4. The Morgan fingerprint density at radius 2 is 1.36 bits per heavy atom. The first-order valence-electron chi connectivity index (χ1n) is 10.6. The van der Waals surface area contributed by atoms with Crippen LogP contribution in [0.2, 0.25) is 0 Å². The van der Waals surface area contributed by atoms with E-state index in [1.807, 2.05) is 18.2 Å². The van der Waals surface area contributed by atoms with Gasteiger partial charge in [-0.25, -0.2) is 0 Å².